The fourth-order valence-corrected chi connectivity index (χ4v) is 0.808. The third-order valence-electron chi connectivity index (χ3n) is 1.71. The first-order chi connectivity index (χ1) is 6.05. The van der Waals surface area contributed by atoms with Gasteiger partial charge in [-0.15, -0.1) is 0 Å². The number of nitrogens with zero attached hydrogens (tertiary/aromatic N) is 1. The summed E-state index contributed by atoms with van der Waals surface area (Å²) >= 11 is 0. The summed E-state index contributed by atoms with van der Waals surface area (Å²) in [6, 6.07) is 1.61. The summed E-state index contributed by atoms with van der Waals surface area (Å²) in [5.74, 6) is -0.187. The van der Waals surface area contributed by atoms with Crippen LogP contribution in [0.1, 0.15) is 24.3 Å². The number of aromatic nitrogens is 2. The van der Waals surface area contributed by atoms with Gasteiger partial charge in [-0.1, -0.05) is 0 Å². The minimum Gasteiger partial charge on any atom is -0.345 e. The summed E-state index contributed by atoms with van der Waals surface area (Å²) < 4.78 is 0. The number of carbonyl (C=O) groups excluding carboxylic acids is 1. The molecule has 72 valence electrons. The number of amides is 1. The SMILES string of the molecule is CC(C)(CN)NC(=O)c1ccn[nH]1. The molecule has 1 aromatic heterocycles. The number of hydrogen-bond donors (Lipinski definition) is 3. The normalized spacial score (nSPS) is 11.3. The van der Waals surface area contributed by atoms with Crippen LogP contribution < -0.4 is 11.1 Å². The molecule has 0 bridgehead atoms. The number of aromatic amines is 1. The van der Waals surface area contributed by atoms with Crippen molar-refractivity contribution in [2.45, 2.75) is 19.4 Å². The van der Waals surface area contributed by atoms with Crippen LogP contribution in [0.2, 0.25) is 0 Å². The van der Waals surface area contributed by atoms with Crippen molar-refractivity contribution in [2.24, 2.45) is 5.73 Å². The Morgan fingerprint density at radius 2 is 2.46 bits per heavy atom. The first kappa shape index (κ1) is 9.73. The molecule has 0 fully saturated rings. The van der Waals surface area contributed by atoms with E-state index >= 15 is 0 Å². The van der Waals surface area contributed by atoms with Crippen molar-refractivity contribution in [3.8, 4) is 0 Å². The molecule has 0 atom stereocenters. The molecule has 0 aliphatic rings. The molecule has 0 unspecified atom stereocenters. The van der Waals surface area contributed by atoms with Crippen LogP contribution in [0.25, 0.3) is 0 Å². The van der Waals surface area contributed by atoms with Gasteiger partial charge in [0.1, 0.15) is 5.69 Å². The van der Waals surface area contributed by atoms with E-state index in [9.17, 15) is 4.79 Å². The van der Waals surface area contributed by atoms with Crippen molar-refractivity contribution in [1.82, 2.24) is 15.5 Å². The van der Waals surface area contributed by atoms with Gasteiger partial charge >= 0.3 is 0 Å². The number of H-pyrrole nitrogens is 1. The van der Waals surface area contributed by atoms with E-state index in [1.54, 1.807) is 6.07 Å². The molecule has 0 saturated heterocycles. The highest BCUT2D eigenvalue weighted by Crippen LogP contribution is 2.01. The second-order valence-corrected chi connectivity index (χ2v) is 3.51. The van der Waals surface area contributed by atoms with Crippen molar-refractivity contribution in [3.63, 3.8) is 0 Å². The van der Waals surface area contributed by atoms with E-state index in [-0.39, 0.29) is 11.4 Å². The quantitative estimate of drug-likeness (QED) is 0.609. The number of rotatable bonds is 3. The fraction of sp³-hybridized carbons (Fsp3) is 0.500. The van der Waals surface area contributed by atoms with Crippen molar-refractivity contribution in [2.75, 3.05) is 6.54 Å². The third-order valence-corrected chi connectivity index (χ3v) is 1.71. The van der Waals surface area contributed by atoms with Gasteiger partial charge < -0.3 is 11.1 Å². The van der Waals surface area contributed by atoms with Crippen molar-refractivity contribution in [1.29, 1.82) is 0 Å². The molecule has 0 radical (unpaired) electrons. The topological polar surface area (TPSA) is 83.8 Å². The zero-order valence-electron chi connectivity index (χ0n) is 7.79. The molecule has 0 aliphatic heterocycles. The lowest BCUT2D eigenvalue weighted by Crippen LogP contribution is -2.48. The standard InChI is InChI=1S/C8H14N4O/c1-8(2,5-9)11-7(13)6-3-4-10-12-6/h3-4H,5,9H2,1-2H3,(H,10,12)(H,11,13). The Morgan fingerprint density at radius 3 is 2.92 bits per heavy atom. The molecular formula is C8H14N4O. The first-order valence-electron chi connectivity index (χ1n) is 4.07. The highest BCUT2D eigenvalue weighted by atomic mass is 16.2. The fourth-order valence-electron chi connectivity index (χ4n) is 0.808. The lowest BCUT2D eigenvalue weighted by Gasteiger charge is -2.23. The molecule has 5 heteroatoms. The van der Waals surface area contributed by atoms with Crippen molar-refractivity contribution in [3.05, 3.63) is 18.0 Å². The second-order valence-electron chi connectivity index (χ2n) is 3.51. The Kier molecular flexibility index (Phi) is 2.67. The van der Waals surface area contributed by atoms with Crippen LogP contribution >= 0.6 is 0 Å². The molecule has 1 heterocycles. The van der Waals surface area contributed by atoms with Crippen LogP contribution in [0.5, 0.6) is 0 Å². The maximum Gasteiger partial charge on any atom is 0.269 e. The van der Waals surface area contributed by atoms with Gasteiger partial charge in [0, 0.05) is 18.3 Å². The molecule has 13 heavy (non-hydrogen) atoms. The molecule has 1 rings (SSSR count). The molecule has 0 aromatic carbocycles. The maximum absolute atomic E-state index is 11.4. The minimum atomic E-state index is -0.387. The van der Waals surface area contributed by atoms with Crippen LogP contribution in [0, 0.1) is 0 Å². The summed E-state index contributed by atoms with van der Waals surface area (Å²) in [7, 11) is 0. The van der Waals surface area contributed by atoms with Gasteiger partial charge in [0.15, 0.2) is 0 Å². The Hall–Kier alpha value is -1.36. The van der Waals surface area contributed by atoms with Gasteiger partial charge in [0.25, 0.3) is 5.91 Å². The highest BCUT2D eigenvalue weighted by molar-refractivity contribution is 5.92. The molecule has 0 saturated carbocycles. The van der Waals surface area contributed by atoms with Crippen molar-refractivity contribution >= 4 is 5.91 Å². The summed E-state index contributed by atoms with van der Waals surface area (Å²) in [6.07, 6.45) is 1.53. The van der Waals surface area contributed by atoms with E-state index in [2.05, 4.69) is 15.5 Å². The van der Waals surface area contributed by atoms with Crippen LogP contribution in [0.3, 0.4) is 0 Å². The van der Waals surface area contributed by atoms with E-state index in [0.29, 0.717) is 12.2 Å². The number of nitrogens with one attached hydrogen (secondary N) is 2. The predicted octanol–water partition coefficient (Wildman–Crippen LogP) is -0.123. The summed E-state index contributed by atoms with van der Waals surface area (Å²) in [5, 5.41) is 9.04. The van der Waals surface area contributed by atoms with Gasteiger partial charge in [0.2, 0.25) is 0 Å². The van der Waals surface area contributed by atoms with Crippen LogP contribution in [0.15, 0.2) is 12.3 Å². The molecule has 0 spiro atoms. The van der Waals surface area contributed by atoms with E-state index in [0.717, 1.165) is 0 Å². The van der Waals surface area contributed by atoms with Gasteiger partial charge in [0.05, 0.1) is 0 Å². The average molecular weight is 182 g/mol. The van der Waals surface area contributed by atoms with E-state index in [4.69, 9.17) is 5.73 Å². The molecule has 0 aliphatic carbocycles. The van der Waals surface area contributed by atoms with Gasteiger partial charge in [-0.25, -0.2) is 0 Å². The lowest BCUT2D eigenvalue weighted by atomic mass is 10.1. The lowest BCUT2D eigenvalue weighted by molar-refractivity contribution is 0.0910. The molecule has 1 amide bonds. The largest absolute Gasteiger partial charge is 0.345 e. The van der Waals surface area contributed by atoms with Gasteiger partial charge in [-0.05, 0) is 19.9 Å². The van der Waals surface area contributed by atoms with Gasteiger partial charge in [-0.2, -0.15) is 5.10 Å². The van der Waals surface area contributed by atoms with E-state index in [1.165, 1.54) is 6.20 Å². The predicted molar refractivity (Wildman–Crippen MR) is 49.2 cm³/mol. The third kappa shape index (κ3) is 2.55. The second kappa shape index (κ2) is 3.57. The first-order valence-corrected chi connectivity index (χ1v) is 4.07. The van der Waals surface area contributed by atoms with Crippen LogP contribution in [-0.2, 0) is 0 Å². The Bertz CT molecular complexity index is 278. The Labute approximate surface area is 76.7 Å². The molecule has 4 N–H and O–H groups in total. The number of nitrogens with two attached hydrogens (primary N) is 1. The van der Waals surface area contributed by atoms with Crippen molar-refractivity contribution < 1.29 is 4.79 Å². The molecular weight excluding hydrogens is 168 g/mol. The molecule has 5 nitrogen and oxygen atoms in total. The summed E-state index contributed by atoms with van der Waals surface area (Å²) in [6.45, 7) is 4.12. The number of carbonyl (C=O) groups is 1. The van der Waals surface area contributed by atoms with Gasteiger partial charge in [-0.3, -0.25) is 9.89 Å². The average Bonchev–Trinajstić information content (AvgIpc) is 2.55. The highest BCUT2D eigenvalue weighted by Gasteiger charge is 2.19. The monoisotopic (exact) mass is 182 g/mol. The molecule has 1 aromatic rings. The zero-order valence-corrected chi connectivity index (χ0v) is 7.79. The minimum absolute atomic E-state index is 0.187. The number of hydrogen-bond acceptors (Lipinski definition) is 3. The Morgan fingerprint density at radius 1 is 1.77 bits per heavy atom. The van der Waals surface area contributed by atoms with E-state index in [1.807, 2.05) is 13.8 Å². The zero-order chi connectivity index (χ0) is 9.90. The maximum atomic E-state index is 11.4. The summed E-state index contributed by atoms with van der Waals surface area (Å²) in [4.78, 5) is 11.4. The van der Waals surface area contributed by atoms with E-state index < -0.39 is 0 Å². The Balaban J connectivity index is 2.61. The summed E-state index contributed by atoms with van der Waals surface area (Å²) in [5.41, 5.74) is 5.53. The van der Waals surface area contributed by atoms with Crippen LogP contribution in [0.4, 0.5) is 0 Å². The van der Waals surface area contributed by atoms with Crippen LogP contribution in [-0.4, -0.2) is 28.2 Å². The smallest absolute Gasteiger partial charge is 0.269 e.